The van der Waals surface area contributed by atoms with Crippen molar-refractivity contribution in [2.45, 2.75) is 52.5 Å². The topological polar surface area (TPSA) is 35.8 Å². The quantitative estimate of drug-likeness (QED) is 0.759. The van der Waals surface area contributed by atoms with Gasteiger partial charge < -0.3 is 0 Å². The van der Waals surface area contributed by atoms with Crippen LogP contribution in [0.1, 0.15) is 46.5 Å². The molecule has 1 rings (SSSR count). The molecule has 1 fully saturated rings. The minimum atomic E-state index is -0.0630. The third-order valence-electron chi connectivity index (χ3n) is 4.03. The number of rotatable bonds is 3. The highest BCUT2D eigenvalue weighted by Crippen LogP contribution is 2.40. The molecule has 1 unspecified atom stereocenters. The van der Waals surface area contributed by atoms with E-state index in [0.29, 0.717) is 17.9 Å². The van der Waals surface area contributed by atoms with Gasteiger partial charge in [-0.05, 0) is 42.9 Å². The smallest absolute Gasteiger partial charge is 0.0988 e. The summed E-state index contributed by atoms with van der Waals surface area (Å²) in [6.45, 7) is 7.44. The van der Waals surface area contributed by atoms with E-state index in [9.17, 15) is 0 Å². The van der Waals surface area contributed by atoms with Crippen molar-refractivity contribution in [2.75, 3.05) is 6.54 Å². The van der Waals surface area contributed by atoms with Gasteiger partial charge in [0.05, 0.1) is 18.7 Å². The van der Waals surface area contributed by atoms with E-state index in [4.69, 9.17) is 11.7 Å². The van der Waals surface area contributed by atoms with Gasteiger partial charge in [-0.25, -0.2) is 0 Å². The fraction of sp³-hybridized carbons (Fsp3) is 0.800. The lowest BCUT2D eigenvalue weighted by Gasteiger charge is -2.38. The Morgan fingerprint density at radius 2 is 1.88 bits per heavy atom. The zero-order chi connectivity index (χ0) is 12.9. The maximum Gasteiger partial charge on any atom is 0.0988 e. The zero-order valence-corrected chi connectivity index (χ0v) is 11.3. The van der Waals surface area contributed by atoms with E-state index in [2.05, 4.69) is 38.1 Å². The minimum Gasteiger partial charge on any atom is -0.291 e. The molecule has 1 saturated carbocycles. The van der Waals surface area contributed by atoms with Crippen molar-refractivity contribution in [3.05, 3.63) is 0 Å². The summed E-state index contributed by atoms with van der Waals surface area (Å²) in [5, 5.41) is 12.3. The van der Waals surface area contributed by atoms with Crippen LogP contribution < -0.4 is 5.32 Å². The molecule has 0 aromatic heterocycles. The molecule has 2 nitrogen and oxygen atoms in total. The summed E-state index contributed by atoms with van der Waals surface area (Å²) in [4.78, 5) is 0. The molecule has 94 valence electrons. The van der Waals surface area contributed by atoms with Gasteiger partial charge in [0.1, 0.15) is 0 Å². The Balaban J connectivity index is 2.46. The predicted molar refractivity (Wildman–Crippen MR) is 71.1 cm³/mol. The summed E-state index contributed by atoms with van der Waals surface area (Å²) in [5.74, 6) is 3.82. The van der Waals surface area contributed by atoms with E-state index in [-0.39, 0.29) is 6.04 Å². The second-order valence-corrected chi connectivity index (χ2v) is 6.17. The molecule has 1 aliphatic carbocycles. The Kier molecular flexibility index (Phi) is 5.03. The Bertz CT molecular complexity index is 305. The molecular formula is C15H24N2. The summed E-state index contributed by atoms with van der Waals surface area (Å²) >= 11 is 0. The number of hydrogen-bond donors (Lipinski definition) is 1. The van der Waals surface area contributed by atoms with Crippen molar-refractivity contribution in [2.24, 2.45) is 17.3 Å². The van der Waals surface area contributed by atoms with Crippen molar-refractivity contribution in [1.82, 2.24) is 5.32 Å². The van der Waals surface area contributed by atoms with E-state index < -0.39 is 0 Å². The number of nitrogens with zero attached hydrogens (tertiary/aromatic N) is 1. The van der Waals surface area contributed by atoms with Crippen LogP contribution in [0.15, 0.2) is 0 Å². The lowest BCUT2D eigenvalue weighted by Crippen LogP contribution is -2.38. The second-order valence-electron chi connectivity index (χ2n) is 6.17. The molecule has 0 bridgehead atoms. The van der Waals surface area contributed by atoms with Gasteiger partial charge in [-0.15, -0.1) is 6.42 Å². The van der Waals surface area contributed by atoms with Crippen molar-refractivity contribution in [3.63, 3.8) is 0 Å². The largest absolute Gasteiger partial charge is 0.291 e. The maximum atomic E-state index is 9.15. The molecule has 0 aliphatic heterocycles. The summed E-state index contributed by atoms with van der Waals surface area (Å²) in [6, 6.07) is 2.29. The molecule has 0 aromatic rings. The third kappa shape index (κ3) is 4.06. The van der Waals surface area contributed by atoms with Gasteiger partial charge in [-0.3, -0.25) is 5.32 Å². The van der Waals surface area contributed by atoms with Gasteiger partial charge in [-0.1, -0.05) is 26.7 Å². The highest BCUT2D eigenvalue weighted by molar-refractivity contribution is 5.00. The van der Waals surface area contributed by atoms with Crippen molar-refractivity contribution in [3.8, 4) is 18.4 Å². The van der Waals surface area contributed by atoms with E-state index in [1.807, 2.05) is 0 Å². The monoisotopic (exact) mass is 232 g/mol. The Morgan fingerprint density at radius 3 is 2.29 bits per heavy atom. The molecule has 1 atom stereocenters. The van der Waals surface area contributed by atoms with Crippen LogP contribution in [-0.4, -0.2) is 12.6 Å². The van der Waals surface area contributed by atoms with Crippen molar-refractivity contribution in [1.29, 1.82) is 5.26 Å². The second kappa shape index (κ2) is 6.08. The summed E-state index contributed by atoms with van der Waals surface area (Å²) in [6.07, 6.45) is 10.00. The highest BCUT2D eigenvalue weighted by atomic mass is 14.9. The molecule has 0 aromatic carbocycles. The average molecular weight is 232 g/mol. The van der Waals surface area contributed by atoms with Crippen LogP contribution in [0.4, 0.5) is 0 Å². The molecule has 0 saturated heterocycles. The fourth-order valence-corrected chi connectivity index (χ4v) is 2.81. The van der Waals surface area contributed by atoms with Gasteiger partial charge in [0.25, 0.3) is 0 Å². The summed E-state index contributed by atoms with van der Waals surface area (Å²) in [5.41, 5.74) is 0.402. The normalized spacial score (nSPS) is 26.9. The van der Waals surface area contributed by atoms with Crippen LogP contribution in [0.25, 0.3) is 0 Å². The number of nitriles is 1. The first kappa shape index (κ1) is 14.1. The molecule has 0 radical (unpaired) electrons. The zero-order valence-electron chi connectivity index (χ0n) is 11.3. The lowest BCUT2D eigenvalue weighted by atomic mass is 9.68. The first-order valence-electron chi connectivity index (χ1n) is 6.55. The van der Waals surface area contributed by atoms with Crippen LogP contribution in [0, 0.1) is 40.9 Å². The lowest BCUT2D eigenvalue weighted by molar-refractivity contribution is 0.141. The summed E-state index contributed by atoms with van der Waals surface area (Å²) < 4.78 is 0. The number of terminal acetylenes is 1. The van der Waals surface area contributed by atoms with Crippen LogP contribution >= 0.6 is 0 Å². The van der Waals surface area contributed by atoms with E-state index in [1.54, 1.807) is 0 Å². The Hall–Kier alpha value is -0.990. The van der Waals surface area contributed by atoms with Crippen LogP contribution in [0.5, 0.6) is 0 Å². The molecule has 1 aliphatic rings. The molecular weight excluding hydrogens is 208 g/mol. The average Bonchev–Trinajstić information content (AvgIpc) is 2.29. The molecule has 0 spiro atoms. The van der Waals surface area contributed by atoms with E-state index >= 15 is 0 Å². The molecule has 1 N–H and O–H groups in total. The van der Waals surface area contributed by atoms with Gasteiger partial charge in [0.15, 0.2) is 0 Å². The van der Waals surface area contributed by atoms with E-state index in [1.165, 1.54) is 12.8 Å². The molecule has 17 heavy (non-hydrogen) atoms. The van der Waals surface area contributed by atoms with E-state index in [0.717, 1.165) is 18.8 Å². The van der Waals surface area contributed by atoms with Gasteiger partial charge in [-0.2, -0.15) is 5.26 Å². The molecule has 0 amide bonds. The first-order chi connectivity index (χ1) is 7.99. The van der Waals surface area contributed by atoms with Crippen molar-refractivity contribution < 1.29 is 0 Å². The summed E-state index contributed by atoms with van der Waals surface area (Å²) in [7, 11) is 0. The van der Waals surface area contributed by atoms with Crippen molar-refractivity contribution >= 4 is 0 Å². The highest BCUT2D eigenvalue weighted by Gasteiger charge is 2.32. The van der Waals surface area contributed by atoms with Gasteiger partial charge >= 0.3 is 0 Å². The SMILES string of the molecule is C#CCNC(C#N)C1CCC(C(C)(C)C)CC1. The molecule has 2 heteroatoms. The van der Waals surface area contributed by atoms with Crippen LogP contribution in [0.2, 0.25) is 0 Å². The van der Waals surface area contributed by atoms with Crippen LogP contribution in [-0.2, 0) is 0 Å². The molecule has 0 heterocycles. The maximum absolute atomic E-state index is 9.15. The Labute approximate surface area is 106 Å². The van der Waals surface area contributed by atoms with Gasteiger partial charge in [0.2, 0.25) is 0 Å². The number of nitrogens with one attached hydrogen (secondary N) is 1. The standard InChI is InChI=1S/C15H24N2/c1-5-10-17-14(11-16)12-6-8-13(9-7-12)15(2,3)4/h1,12-14,17H,6-10H2,2-4H3. The third-order valence-corrected chi connectivity index (χ3v) is 4.03. The van der Waals surface area contributed by atoms with Crippen LogP contribution in [0.3, 0.4) is 0 Å². The van der Waals surface area contributed by atoms with Gasteiger partial charge in [0, 0.05) is 0 Å². The minimum absolute atomic E-state index is 0.0630. The number of hydrogen-bond acceptors (Lipinski definition) is 2. The first-order valence-corrected chi connectivity index (χ1v) is 6.55. The Morgan fingerprint density at radius 1 is 1.29 bits per heavy atom. The predicted octanol–water partition coefficient (Wildman–Crippen LogP) is 2.95. The fourth-order valence-electron chi connectivity index (χ4n) is 2.81.